The first-order valence-corrected chi connectivity index (χ1v) is 7.13. The fraction of sp³-hybridized carbons (Fsp3) is 0.143. The lowest BCUT2D eigenvalue weighted by molar-refractivity contribution is -0.114. The second-order valence-corrected chi connectivity index (χ2v) is 5.09. The van der Waals surface area contributed by atoms with Crippen molar-refractivity contribution in [1.82, 2.24) is 19.9 Å². The first-order chi connectivity index (χ1) is 11.1. The second kappa shape index (κ2) is 6.49. The maximum atomic E-state index is 11.8. The fourth-order valence-electron chi connectivity index (χ4n) is 1.87. The Kier molecular flexibility index (Phi) is 4.24. The van der Waals surface area contributed by atoms with E-state index >= 15 is 0 Å². The molecule has 2 N–H and O–H groups in total. The maximum Gasteiger partial charge on any atom is 0.244 e. The van der Waals surface area contributed by atoms with Gasteiger partial charge in [-0.25, -0.2) is 9.67 Å². The van der Waals surface area contributed by atoms with E-state index in [0.717, 1.165) is 0 Å². The highest BCUT2D eigenvalue weighted by atomic mass is 35.5. The molecule has 0 spiro atoms. The number of pyridine rings is 1. The molecule has 0 radical (unpaired) electrons. The number of hydrogen-bond acceptors (Lipinski definition) is 6. The largest absolute Gasteiger partial charge is 0.360 e. The van der Waals surface area contributed by atoms with Crippen LogP contribution in [0.15, 0.2) is 41.2 Å². The van der Waals surface area contributed by atoms with Crippen LogP contribution in [0.4, 0.5) is 11.6 Å². The minimum absolute atomic E-state index is 0.0405. The van der Waals surface area contributed by atoms with Crippen LogP contribution in [0, 0.1) is 6.92 Å². The van der Waals surface area contributed by atoms with Crippen molar-refractivity contribution in [3.63, 3.8) is 0 Å². The van der Waals surface area contributed by atoms with E-state index in [2.05, 4.69) is 25.9 Å². The molecule has 0 unspecified atom stereocenters. The Morgan fingerprint density at radius 2 is 2.26 bits per heavy atom. The van der Waals surface area contributed by atoms with E-state index < -0.39 is 0 Å². The van der Waals surface area contributed by atoms with Crippen molar-refractivity contribution in [3.05, 3.63) is 47.4 Å². The number of rotatable bonds is 5. The number of carbonyl (C=O) groups excluding carboxylic acids is 1. The second-order valence-electron chi connectivity index (χ2n) is 4.68. The van der Waals surface area contributed by atoms with Crippen molar-refractivity contribution in [2.75, 3.05) is 17.2 Å². The molecule has 0 aliphatic heterocycles. The molecule has 0 saturated heterocycles. The van der Waals surface area contributed by atoms with Gasteiger partial charge in [0.2, 0.25) is 5.91 Å². The quantitative estimate of drug-likeness (QED) is 0.743. The molecule has 0 saturated carbocycles. The van der Waals surface area contributed by atoms with E-state index in [-0.39, 0.29) is 12.5 Å². The third-order valence-electron chi connectivity index (χ3n) is 2.87. The third-order valence-corrected chi connectivity index (χ3v) is 3.17. The normalized spacial score (nSPS) is 10.5. The molecule has 3 aromatic rings. The summed E-state index contributed by atoms with van der Waals surface area (Å²) in [6.45, 7) is 1.79. The summed E-state index contributed by atoms with van der Waals surface area (Å²) in [6.07, 6.45) is 3.33. The van der Waals surface area contributed by atoms with Crippen LogP contribution in [0.1, 0.15) is 5.76 Å². The third kappa shape index (κ3) is 3.67. The Labute approximate surface area is 136 Å². The van der Waals surface area contributed by atoms with Crippen LogP contribution in [0.5, 0.6) is 0 Å². The molecule has 3 heterocycles. The number of anilines is 2. The molecule has 0 atom stereocenters. The van der Waals surface area contributed by atoms with Crippen LogP contribution < -0.4 is 10.6 Å². The summed E-state index contributed by atoms with van der Waals surface area (Å²) in [5.74, 6) is 1.78. The van der Waals surface area contributed by atoms with Gasteiger partial charge < -0.3 is 15.2 Å². The van der Waals surface area contributed by atoms with E-state index in [1.807, 2.05) is 0 Å². The number of amides is 1. The van der Waals surface area contributed by atoms with Crippen molar-refractivity contribution in [3.8, 4) is 5.82 Å². The van der Waals surface area contributed by atoms with Gasteiger partial charge in [0.05, 0.1) is 11.6 Å². The van der Waals surface area contributed by atoms with Gasteiger partial charge in [-0.15, -0.1) is 5.10 Å². The molecule has 0 aliphatic carbocycles. The summed E-state index contributed by atoms with van der Waals surface area (Å²) in [4.78, 5) is 16.0. The molecule has 0 fully saturated rings. The van der Waals surface area contributed by atoms with E-state index in [1.54, 1.807) is 43.6 Å². The van der Waals surface area contributed by atoms with Crippen LogP contribution in [-0.4, -0.2) is 32.4 Å². The Morgan fingerprint density at radius 1 is 1.39 bits per heavy atom. The number of aryl methyl sites for hydroxylation is 1. The van der Waals surface area contributed by atoms with Gasteiger partial charge in [0.15, 0.2) is 11.6 Å². The molecule has 3 aromatic heterocycles. The van der Waals surface area contributed by atoms with Gasteiger partial charge in [-0.1, -0.05) is 16.8 Å². The number of nitrogens with one attached hydrogen (secondary N) is 2. The molecule has 8 nitrogen and oxygen atoms in total. The highest BCUT2D eigenvalue weighted by molar-refractivity contribution is 6.32. The molecule has 0 bridgehead atoms. The van der Waals surface area contributed by atoms with Crippen molar-refractivity contribution in [2.45, 2.75) is 6.92 Å². The molecular weight excluding hydrogens is 320 g/mol. The number of nitrogens with zero attached hydrogens (tertiary/aromatic N) is 4. The highest BCUT2D eigenvalue weighted by Gasteiger charge is 2.09. The molecular formula is C14H13ClN6O2. The Morgan fingerprint density at radius 3 is 3.00 bits per heavy atom. The standard InChI is InChI=1S/C14H13ClN6O2/c1-9-7-12(20-23-9)18-13(22)8-17-11-4-6-21(19-11)14-10(15)3-2-5-16-14/h2-7H,8H2,1H3,(H,17,19)(H,18,20,22). The molecule has 1 amide bonds. The van der Waals surface area contributed by atoms with Gasteiger partial charge in [0.25, 0.3) is 0 Å². The number of carbonyl (C=O) groups is 1. The first-order valence-electron chi connectivity index (χ1n) is 6.75. The number of hydrogen-bond donors (Lipinski definition) is 2. The van der Waals surface area contributed by atoms with Crippen LogP contribution in [-0.2, 0) is 4.79 Å². The van der Waals surface area contributed by atoms with E-state index in [0.29, 0.717) is 28.2 Å². The Bertz CT molecular complexity index is 828. The molecule has 0 aromatic carbocycles. The number of halogens is 1. The van der Waals surface area contributed by atoms with Gasteiger partial charge in [-0.05, 0) is 19.1 Å². The fourth-order valence-corrected chi connectivity index (χ4v) is 2.07. The van der Waals surface area contributed by atoms with Crippen molar-refractivity contribution in [1.29, 1.82) is 0 Å². The Hall–Kier alpha value is -2.87. The zero-order valence-electron chi connectivity index (χ0n) is 12.2. The molecule has 118 valence electrons. The summed E-state index contributed by atoms with van der Waals surface area (Å²) in [7, 11) is 0. The van der Waals surface area contributed by atoms with Gasteiger partial charge in [0.1, 0.15) is 11.6 Å². The topological polar surface area (TPSA) is 97.9 Å². The minimum atomic E-state index is -0.260. The Balaban J connectivity index is 1.59. The van der Waals surface area contributed by atoms with Gasteiger partial charge in [0, 0.05) is 24.5 Å². The molecule has 0 aliphatic rings. The zero-order chi connectivity index (χ0) is 16.2. The lowest BCUT2D eigenvalue weighted by atomic mass is 10.4. The SMILES string of the molecule is Cc1cc(NC(=O)CNc2ccn(-c3ncccc3Cl)n2)no1. The summed E-state index contributed by atoms with van der Waals surface area (Å²) < 4.78 is 6.40. The lowest BCUT2D eigenvalue weighted by Gasteiger charge is -2.04. The van der Waals surface area contributed by atoms with Gasteiger partial charge >= 0.3 is 0 Å². The first kappa shape index (κ1) is 15.0. The predicted molar refractivity (Wildman–Crippen MR) is 84.7 cm³/mol. The monoisotopic (exact) mass is 332 g/mol. The minimum Gasteiger partial charge on any atom is -0.360 e. The number of aromatic nitrogens is 4. The summed E-state index contributed by atoms with van der Waals surface area (Å²) in [5, 5.41) is 14.0. The van der Waals surface area contributed by atoms with Crippen molar-refractivity contribution >= 4 is 29.1 Å². The van der Waals surface area contributed by atoms with E-state index in [4.69, 9.17) is 16.1 Å². The smallest absolute Gasteiger partial charge is 0.244 e. The maximum absolute atomic E-state index is 11.8. The lowest BCUT2D eigenvalue weighted by Crippen LogP contribution is -2.22. The van der Waals surface area contributed by atoms with E-state index in [1.165, 1.54) is 4.68 Å². The summed E-state index contributed by atoms with van der Waals surface area (Å²) in [5.41, 5.74) is 0. The van der Waals surface area contributed by atoms with Crippen LogP contribution in [0.3, 0.4) is 0 Å². The average molecular weight is 333 g/mol. The predicted octanol–water partition coefficient (Wildman–Crippen LogP) is 2.27. The van der Waals surface area contributed by atoms with Gasteiger partial charge in [-0.3, -0.25) is 4.79 Å². The molecule has 9 heteroatoms. The average Bonchev–Trinajstić information content (AvgIpc) is 3.15. The van der Waals surface area contributed by atoms with Crippen molar-refractivity contribution in [2.24, 2.45) is 0 Å². The van der Waals surface area contributed by atoms with Crippen LogP contribution >= 0.6 is 11.6 Å². The summed E-state index contributed by atoms with van der Waals surface area (Å²) >= 11 is 6.06. The zero-order valence-corrected chi connectivity index (χ0v) is 12.9. The van der Waals surface area contributed by atoms with Crippen LogP contribution in [0.25, 0.3) is 5.82 Å². The van der Waals surface area contributed by atoms with Crippen molar-refractivity contribution < 1.29 is 9.32 Å². The highest BCUT2D eigenvalue weighted by Crippen LogP contribution is 2.17. The van der Waals surface area contributed by atoms with Crippen LogP contribution in [0.2, 0.25) is 5.02 Å². The summed E-state index contributed by atoms with van der Waals surface area (Å²) in [6, 6.07) is 6.82. The molecule has 3 rings (SSSR count). The molecule has 23 heavy (non-hydrogen) atoms. The van der Waals surface area contributed by atoms with E-state index in [9.17, 15) is 4.79 Å². The van der Waals surface area contributed by atoms with Gasteiger partial charge in [-0.2, -0.15) is 0 Å².